The van der Waals surface area contributed by atoms with Crippen molar-refractivity contribution in [1.29, 1.82) is 0 Å². The van der Waals surface area contributed by atoms with Crippen molar-refractivity contribution >= 4 is 26.0 Å². The monoisotopic (exact) mass is 572 g/mol. The molecule has 4 rings (SSSR count). The number of nitrogens with zero attached hydrogens (tertiary/aromatic N) is 4. The number of hydrogen-bond donors (Lipinski definition) is 0. The zero-order valence-electron chi connectivity index (χ0n) is 19.0. The molecule has 0 fully saturated rings. The molecule has 0 saturated carbocycles. The quantitative estimate of drug-likeness (QED) is 0.410. The Labute approximate surface area is 210 Å². The average Bonchev–Trinajstić information content (AvgIpc) is 3.17. The summed E-state index contributed by atoms with van der Waals surface area (Å²) in [5.41, 5.74) is 0.315. The van der Waals surface area contributed by atoms with Crippen molar-refractivity contribution in [3.8, 4) is 5.75 Å². The Balaban J connectivity index is 1.58. The molecule has 0 unspecified atom stereocenters. The number of fused-ring (bicyclic) bond motifs is 1. The molecule has 0 saturated heterocycles. The molecule has 0 radical (unpaired) electrons. The van der Waals surface area contributed by atoms with Gasteiger partial charge in [-0.1, -0.05) is 47.1 Å². The third kappa shape index (κ3) is 5.87. The standard InChI is InChI=1S/C23H24BrF3N4O3S/c1-15(2)9-20-14-34-21-10-18(24)7-8-22(21)35(32,33)31(20)13-19-12-30(29-28-19)11-16-3-5-17(6-4-16)23(25,26)27/h3-8,10,12,15,20H,9,11,13-14H2,1-2H3/t20-/m0/s1. The van der Waals surface area contributed by atoms with E-state index in [0.29, 0.717) is 27.9 Å². The summed E-state index contributed by atoms with van der Waals surface area (Å²) < 4.78 is 75.1. The van der Waals surface area contributed by atoms with Crippen molar-refractivity contribution in [3.05, 3.63) is 70.0 Å². The van der Waals surface area contributed by atoms with Gasteiger partial charge in [0.25, 0.3) is 0 Å². The van der Waals surface area contributed by atoms with Crippen molar-refractivity contribution in [3.63, 3.8) is 0 Å². The Morgan fingerprint density at radius 1 is 1.14 bits per heavy atom. The minimum atomic E-state index is -4.40. The number of aromatic nitrogens is 3. The van der Waals surface area contributed by atoms with Gasteiger partial charge in [-0.15, -0.1) is 5.10 Å². The first-order valence-corrected chi connectivity index (χ1v) is 13.2. The summed E-state index contributed by atoms with van der Waals surface area (Å²) in [5, 5.41) is 8.17. The summed E-state index contributed by atoms with van der Waals surface area (Å²) >= 11 is 3.36. The number of sulfonamides is 1. The van der Waals surface area contributed by atoms with Crippen LogP contribution in [0.2, 0.25) is 0 Å². The lowest BCUT2D eigenvalue weighted by atomic mass is 10.0. The third-order valence-electron chi connectivity index (χ3n) is 5.60. The highest BCUT2D eigenvalue weighted by atomic mass is 79.9. The molecule has 0 spiro atoms. The van der Waals surface area contributed by atoms with Crippen LogP contribution < -0.4 is 4.74 Å². The van der Waals surface area contributed by atoms with Gasteiger partial charge in [0.2, 0.25) is 10.0 Å². The lowest BCUT2D eigenvalue weighted by Gasteiger charge is -2.28. The molecule has 2 aromatic carbocycles. The second-order valence-electron chi connectivity index (χ2n) is 8.84. The maximum Gasteiger partial charge on any atom is 0.416 e. The molecule has 12 heteroatoms. The Hall–Kier alpha value is -2.44. The first-order chi connectivity index (χ1) is 16.4. The van der Waals surface area contributed by atoms with Crippen LogP contribution in [0.25, 0.3) is 0 Å². The molecule has 0 N–H and O–H groups in total. The van der Waals surface area contributed by atoms with Gasteiger partial charge in [-0.05, 0) is 48.2 Å². The van der Waals surface area contributed by atoms with E-state index in [1.54, 1.807) is 18.3 Å². The smallest absolute Gasteiger partial charge is 0.416 e. The maximum atomic E-state index is 13.6. The van der Waals surface area contributed by atoms with Crippen LogP contribution in [0.4, 0.5) is 13.2 Å². The predicted octanol–water partition coefficient (Wildman–Crippen LogP) is 5.11. The Kier molecular flexibility index (Phi) is 7.26. The zero-order chi connectivity index (χ0) is 25.4. The van der Waals surface area contributed by atoms with Crippen LogP contribution in [0.3, 0.4) is 0 Å². The number of hydrogen-bond acceptors (Lipinski definition) is 5. The topological polar surface area (TPSA) is 77.3 Å². The van der Waals surface area contributed by atoms with E-state index in [-0.39, 0.29) is 30.5 Å². The van der Waals surface area contributed by atoms with Crippen LogP contribution in [0, 0.1) is 5.92 Å². The number of alkyl halides is 3. The van der Waals surface area contributed by atoms with E-state index >= 15 is 0 Å². The Morgan fingerprint density at radius 3 is 2.51 bits per heavy atom. The zero-order valence-corrected chi connectivity index (χ0v) is 21.4. The molecule has 1 atom stereocenters. The minimum absolute atomic E-state index is 0.00834. The van der Waals surface area contributed by atoms with E-state index in [1.807, 2.05) is 13.8 Å². The van der Waals surface area contributed by atoms with Crippen molar-refractivity contribution in [1.82, 2.24) is 19.3 Å². The fraction of sp³-hybridized carbons (Fsp3) is 0.391. The Morgan fingerprint density at radius 2 is 1.86 bits per heavy atom. The molecular weight excluding hydrogens is 549 g/mol. The summed E-state index contributed by atoms with van der Waals surface area (Å²) in [6, 6.07) is 9.20. The van der Waals surface area contributed by atoms with E-state index < -0.39 is 27.8 Å². The van der Waals surface area contributed by atoms with Crippen molar-refractivity contribution < 1.29 is 26.3 Å². The first kappa shape index (κ1) is 25.6. The molecule has 0 bridgehead atoms. The second-order valence-corrected chi connectivity index (χ2v) is 11.6. The molecular formula is C23H24BrF3N4O3S. The molecule has 1 aromatic heterocycles. The number of rotatable bonds is 6. The molecule has 35 heavy (non-hydrogen) atoms. The fourth-order valence-corrected chi connectivity index (χ4v) is 6.02. The van der Waals surface area contributed by atoms with Crippen molar-refractivity contribution in [2.24, 2.45) is 5.92 Å². The van der Waals surface area contributed by atoms with Crippen LogP contribution in [-0.4, -0.2) is 40.4 Å². The van der Waals surface area contributed by atoms with Gasteiger partial charge in [0, 0.05) is 4.47 Å². The van der Waals surface area contributed by atoms with Gasteiger partial charge in [0.15, 0.2) is 0 Å². The lowest BCUT2D eigenvalue weighted by Crippen LogP contribution is -2.42. The van der Waals surface area contributed by atoms with E-state index in [4.69, 9.17) is 4.74 Å². The summed E-state index contributed by atoms with van der Waals surface area (Å²) in [7, 11) is -3.89. The largest absolute Gasteiger partial charge is 0.490 e. The van der Waals surface area contributed by atoms with Gasteiger partial charge in [0.1, 0.15) is 17.3 Å². The van der Waals surface area contributed by atoms with Crippen LogP contribution >= 0.6 is 15.9 Å². The highest BCUT2D eigenvalue weighted by molar-refractivity contribution is 9.10. The van der Waals surface area contributed by atoms with E-state index in [1.165, 1.54) is 27.2 Å². The number of halogens is 4. The summed E-state index contributed by atoms with van der Waals surface area (Å²) in [6.45, 7) is 4.42. The molecule has 1 aliphatic heterocycles. The number of ether oxygens (including phenoxy) is 1. The summed E-state index contributed by atoms with van der Waals surface area (Å²) in [5.74, 6) is 0.520. The highest BCUT2D eigenvalue weighted by Gasteiger charge is 2.38. The average molecular weight is 573 g/mol. The fourth-order valence-electron chi connectivity index (χ4n) is 3.98. The van der Waals surface area contributed by atoms with Crippen LogP contribution in [0.5, 0.6) is 5.75 Å². The van der Waals surface area contributed by atoms with Gasteiger partial charge in [-0.25, -0.2) is 13.1 Å². The normalized spacial score (nSPS) is 18.2. The van der Waals surface area contributed by atoms with Gasteiger partial charge < -0.3 is 4.74 Å². The first-order valence-electron chi connectivity index (χ1n) is 10.9. The van der Waals surface area contributed by atoms with Crippen LogP contribution in [0.1, 0.15) is 37.1 Å². The summed E-state index contributed by atoms with van der Waals surface area (Å²) in [6.07, 6.45) is -2.20. The van der Waals surface area contributed by atoms with E-state index in [9.17, 15) is 21.6 Å². The molecule has 2 heterocycles. The minimum Gasteiger partial charge on any atom is -0.490 e. The van der Waals surface area contributed by atoms with Crippen LogP contribution in [-0.2, 0) is 29.3 Å². The van der Waals surface area contributed by atoms with Gasteiger partial charge in [-0.3, -0.25) is 0 Å². The van der Waals surface area contributed by atoms with Crippen molar-refractivity contribution in [2.45, 2.75) is 50.5 Å². The van der Waals surface area contributed by atoms with Gasteiger partial charge in [0.05, 0.1) is 36.6 Å². The van der Waals surface area contributed by atoms with Crippen molar-refractivity contribution in [2.75, 3.05) is 6.61 Å². The highest BCUT2D eigenvalue weighted by Crippen LogP contribution is 2.35. The van der Waals surface area contributed by atoms with Gasteiger partial charge in [-0.2, -0.15) is 17.5 Å². The number of benzene rings is 2. The van der Waals surface area contributed by atoms with Crippen LogP contribution in [0.15, 0.2) is 58.0 Å². The molecule has 0 amide bonds. The van der Waals surface area contributed by atoms with E-state index in [2.05, 4.69) is 26.2 Å². The third-order valence-corrected chi connectivity index (χ3v) is 8.04. The Bertz CT molecular complexity index is 1290. The molecule has 188 valence electrons. The predicted molar refractivity (Wildman–Crippen MR) is 126 cm³/mol. The maximum absolute atomic E-state index is 13.6. The lowest BCUT2D eigenvalue weighted by molar-refractivity contribution is -0.137. The van der Waals surface area contributed by atoms with E-state index in [0.717, 1.165) is 12.1 Å². The summed E-state index contributed by atoms with van der Waals surface area (Å²) in [4.78, 5) is 0.0871. The molecule has 0 aliphatic carbocycles. The molecule has 1 aliphatic rings. The second kappa shape index (κ2) is 9.90. The molecule has 7 nitrogen and oxygen atoms in total. The molecule has 3 aromatic rings. The SMILES string of the molecule is CC(C)C[C@H]1COc2cc(Br)ccc2S(=O)(=O)N1Cc1cn(Cc2ccc(C(F)(F)F)cc2)nn1. The van der Waals surface area contributed by atoms with Gasteiger partial charge >= 0.3 is 6.18 Å².